The van der Waals surface area contributed by atoms with Gasteiger partial charge in [0.1, 0.15) is 10.8 Å². The van der Waals surface area contributed by atoms with Crippen molar-refractivity contribution in [3.63, 3.8) is 0 Å². The second-order valence-corrected chi connectivity index (χ2v) is 3.94. The van der Waals surface area contributed by atoms with Crippen molar-refractivity contribution in [1.82, 2.24) is 4.98 Å². The van der Waals surface area contributed by atoms with Crippen LogP contribution >= 0.6 is 12.2 Å². The number of aromatic nitrogens is 1. The first-order valence-corrected chi connectivity index (χ1v) is 5.46. The van der Waals surface area contributed by atoms with E-state index in [9.17, 15) is 8.78 Å². The molecule has 1 aromatic carbocycles. The van der Waals surface area contributed by atoms with Crippen molar-refractivity contribution in [2.24, 2.45) is 5.73 Å². The van der Waals surface area contributed by atoms with E-state index in [1.165, 1.54) is 12.1 Å². The lowest BCUT2D eigenvalue weighted by molar-refractivity contribution is 0.511. The maximum absolute atomic E-state index is 13.4. The van der Waals surface area contributed by atoms with Gasteiger partial charge in [-0.25, -0.2) is 13.8 Å². The third kappa shape index (κ3) is 2.60. The van der Waals surface area contributed by atoms with Gasteiger partial charge in [0, 0.05) is 0 Å². The Morgan fingerprint density at radius 2 is 1.89 bits per heavy atom. The molecule has 0 bridgehead atoms. The van der Waals surface area contributed by atoms with Crippen molar-refractivity contribution in [3.05, 3.63) is 53.7 Å². The monoisotopic (exact) mass is 265 g/mol. The lowest BCUT2D eigenvalue weighted by Crippen LogP contribution is -2.12. The Labute approximate surface area is 108 Å². The number of thiocarbonyl (C=S) groups is 1. The van der Waals surface area contributed by atoms with Crippen LogP contribution in [0.4, 0.5) is 20.3 Å². The van der Waals surface area contributed by atoms with Gasteiger partial charge in [0.05, 0.1) is 11.4 Å². The number of benzene rings is 1. The first-order valence-electron chi connectivity index (χ1n) is 5.06. The standard InChI is InChI=1S/C12H9F2N3S/c13-7-3-1-4-8(11(7)14)16-10-6-2-5-9(17-10)12(15)18/h1-6H,(H2,15,18)(H,16,17). The van der Waals surface area contributed by atoms with Gasteiger partial charge >= 0.3 is 0 Å². The van der Waals surface area contributed by atoms with E-state index >= 15 is 0 Å². The van der Waals surface area contributed by atoms with Gasteiger partial charge in [-0.2, -0.15) is 0 Å². The van der Waals surface area contributed by atoms with Gasteiger partial charge in [0.25, 0.3) is 0 Å². The van der Waals surface area contributed by atoms with E-state index in [2.05, 4.69) is 10.3 Å². The molecule has 1 heterocycles. The fourth-order valence-corrected chi connectivity index (χ4v) is 1.49. The summed E-state index contributed by atoms with van der Waals surface area (Å²) in [5.74, 6) is -1.55. The quantitative estimate of drug-likeness (QED) is 0.838. The Kier molecular flexibility index (Phi) is 3.47. The Bertz CT molecular complexity index is 602. The molecule has 0 aliphatic carbocycles. The molecule has 6 heteroatoms. The number of nitrogens with two attached hydrogens (primary N) is 1. The molecule has 0 amide bonds. The van der Waals surface area contributed by atoms with Crippen molar-refractivity contribution >= 4 is 28.7 Å². The van der Waals surface area contributed by atoms with Crippen LogP contribution in [-0.4, -0.2) is 9.97 Å². The fourth-order valence-electron chi connectivity index (χ4n) is 1.38. The first-order chi connectivity index (χ1) is 8.58. The van der Waals surface area contributed by atoms with Crippen LogP contribution in [0.15, 0.2) is 36.4 Å². The van der Waals surface area contributed by atoms with Crippen LogP contribution in [0.3, 0.4) is 0 Å². The van der Waals surface area contributed by atoms with Crippen LogP contribution in [0, 0.1) is 11.6 Å². The molecule has 0 fully saturated rings. The highest BCUT2D eigenvalue weighted by Gasteiger charge is 2.08. The maximum Gasteiger partial charge on any atom is 0.182 e. The average molecular weight is 265 g/mol. The second kappa shape index (κ2) is 5.05. The average Bonchev–Trinajstić information content (AvgIpc) is 2.35. The molecule has 0 aliphatic heterocycles. The lowest BCUT2D eigenvalue weighted by atomic mass is 10.3. The normalized spacial score (nSPS) is 10.1. The van der Waals surface area contributed by atoms with Gasteiger partial charge in [0.15, 0.2) is 11.6 Å². The van der Waals surface area contributed by atoms with E-state index in [1.54, 1.807) is 18.2 Å². The molecule has 0 spiro atoms. The van der Waals surface area contributed by atoms with Crippen molar-refractivity contribution in [2.45, 2.75) is 0 Å². The highest BCUT2D eigenvalue weighted by molar-refractivity contribution is 7.80. The van der Waals surface area contributed by atoms with Gasteiger partial charge in [-0.3, -0.25) is 0 Å². The number of anilines is 2. The predicted octanol–water partition coefficient (Wildman–Crippen LogP) is 2.74. The van der Waals surface area contributed by atoms with E-state index in [0.717, 1.165) is 6.07 Å². The molecule has 3 N–H and O–H groups in total. The number of nitrogens with zero attached hydrogens (tertiary/aromatic N) is 1. The Hall–Kier alpha value is -2.08. The van der Waals surface area contributed by atoms with Crippen molar-refractivity contribution in [3.8, 4) is 0 Å². The van der Waals surface area contributed by atoms with Crippen LogP contribution in [-0.2, 0) is 0 Å². The Morgan fingerprint density at radius 1 is 1.17 bits per heavy atom. The van der Waals surface area contributed by atoms with Crippen LogP contribution in [0.1, 0.15) is 5.69 Å². The largest absolute Gasteiger partial charge is 0.388 e. The Morgan fingerprint density at radius 3 is 2.61 bits per heavy atom. The minimum absolute atomic E-state index is 0.00240. The number of hydrogen-bond acceptors (Lipinski definition) is 3. The summed E-state index contributed by atoms with van der Waals surface area (Å²) in [5.41, 5.74) is 5.85. The molecule has 0 aliphatic rings. The van der Waals surface area contributed by atoms with Crippen LogP contribution in [0.2, 0.25) is 0 Å². The fraction of sp³-hybridized carbons (Fsp3) is 0. The zero-order chi connectivity index (χ0) is 13.1. The molecular formula is C12H9F2N3S. The van der Waals surface area contributed by atoms with E-state index in [1.807, 2.05) is 0 Å². The highest BCUT2D eigenvalue weighted by Crippen LogP contribution is 2.20. The second-order valence-electron chi connectivity index (χ2n) is 3.50. The third-order valence-corrected chi connectivity index (χ3v) is 2.43. The van der Waals surface area contributed by atoms with Crippen LogP contribution < -0.4 is 11.1 Å². The van der Waals surface area contributed by atoms with Crippen molar-refractivity contribution < 1.29 is 8.78 Å². The molecule has 0 atom stereocenters. The molecule has 0 saturated heterocycles. The maximum atomic E-state index is 13.4. The summed E-state index contributed by atoms with van der Waals surface area (Å²) in [6.45, 7) is 0. The van der Waals surface area contributed by atoms with Gasteiger partial charge in [0.2, 0.25) is 0 Å². The zero-order valence-electron chi connectivity index (χ0n) is 9.15. The van der Waals surface area contributed by atoms with Gasteiger partial charge < -0.3 is 11.1 Å². The zero-order valence-corrected chi connectivity index (χ0v) is 9.97. The van der Waals surface area contributed by atoms with Gasteiger partial charge in [-0.05, 0) is 24.3 Å². The summed E-state index contributed by atoms with van der Waals surface area (Å²) in [6, 6.07) is 8.76. The summed E-state index contributed by atoms with van der Waals surface area (Å²) in [6.07, 6.45) is 0. The summed E-state index contributed by atoms with van der Waals surface area (Å²) in [5, 5.41) is 2.67. The van der Waals surface area contributed by atoms with E-state index in [-0.39, 0.29) is 10.7 Å². The molecule has 3 nitrogen and oxygen atoms in total. The van der Waals surface area contributed by atoms with Gasteiger partial charge in [-0.15, -0.1) is 0 Å². The Balaban J connectivity index is 2.31. The summed E-state index contributed by atoms with van der Waals surface area (Å²) < 4.78 is 26.4. The highest BCUT2D eigenvalue weighted by atomic mass is 32.1. The van der Waals surface area contributed by atoms with E-state index in [4.69, 9.17) is 18.0 Å². The third-order valence-electron chi connectivity index (χ3n) is 2.22. The number of nitrogens with one attached hydrogen (secondary N) is 1. The molecule has 0 radical (unpaired) electrons. The molecule has 2 rings (SSSR count). The number of halogens is 2. The predicted molar refractivity (Wildman–Crippen MR) is 69.8 cm³/mol. The smallest absolute Gasteiger partial charge is 0.182 e. The molecule has 0 unspecified atom stereocenters. The van der Waals surface area contributed by atoms with Crippen molar-refractivity contribution in [2.75, 3.05) is 5.32 Å². The summed E-state index contributed by atoms with van der Waals surface area (Å²) in [7, 11) is 0. The van der Waals surface area contributed by atoms with Gasteiger partial charge in [-0.1, -0.05) is 24.4 Å². The molecular weight excluding hydrogens is 256 g/mol. The molecule has 18 heavy (non-hydrogen) atoms. The minimum atomic E-state index is -0.958. The minimum Gasteiger partial charge on any atom is -0.388 e. The number of hydrogen-bond donors (Lipinski definition) is 2. The lowest BCUT2D eigenvalue weighted by Gasteiger charge is -2.08. The number of pyridine rings is 1. The number of rotatable bonds is 3. The molecule has 92 valence electrons. The molecule has 1 aromatic heterocycles. The van der Waals surface area contributed by atoms with Crippen molar-refractivity contribution in [1.29, 1.82) is 0 Å². The summed E-state index contributed by atoms with van der Waals surface area (Å²) in [4.78, 5) is 4.21. The topological polar surface area (TPSA) is 50.9 Å². The summed E-state index contributed by atoms with van der Waals surface area (Å²) >= 11 is 4.79. The van der Waals surface area contributed by atoms with Crippen LogP contribution in [0.25, 0.3) is 0 Å². The molecule has 0 saturated carbocycles. The van der Waals surface area contributed by atoms with E-state index < -0.39 is 11.6 Å². The van der Waals surface area contributed by atoms with E-state index in [0.29, 0.717) is 11.5 Å². The first kappa shape index (κ1) is 12.4. The SMILES string of the molecule is NC(=S)c1cccc(Nc2cccc(F)c2F)n1. The van der Waals surface area contributed by atoms with Crippen LogP contribution in [0.5, 0.6) is 0 Å². The molecule has 2 aromatic rings.